The number of aromatic nitrogens is 2. The Morgan fingerprint density at radius 2 is 2.08 bits per heavy atom. The van der Waals surface area contributed by atoms with Gasteiger partial charge in [0.15, 0.2) is 0 Å². The van der Waals surface area contributed by atoms with Crippen molar-refractivity contribution in [1.82, 2.24) is 14.7 Å². The number of carbonyl (C=O) groups is 1. The van der Waals surface area contributed by atoms with Gasteiger partial charge in [-0.1, -0.05) is 18.2 Å². The number of halogens is 1. The van der Waals surface area contributed by atoms with Gasteiger partial charge in [-0.3, -0.25) is 9.58 Å². The van der Waals surface area contributed by atoms with Crippen LogP contribution in [0.2, 0.25) is 0 Å². The molecule has 3 rings (SSSR count). The molecular formula is C18H22FN3O3. The summed E-state index contributed by atoms with van der Waals surface area (Å²) in [6.45, 7) is 4.40. The van der Waals surface area contributed by atoms with Crippen LogP contribution < -0.4 is 0 Å². The zero-order valence-electron chi connectivity index (χ0n) is 14.2. The van der Waals surface area contributed by atoms with E-state index in [1.807, 2.05) is 11.0 Å². The Kier molecular flexibility index (Phi) is 5.78. The zero-order valence-corrected chi connectivity index (χ0v) is 14.2. The minimum atomic E-state index is -0.773. The maximum absolute atomic E-state index is 14.3. The van der Waals surface area contributed by atoms with Crippen LogP contribution in [0.1, 0.15) is 18.5 Å². The lowest BCUT2D eigenvalue weighted by molar-refractivity contribution is -0.157. The van der Waals surface area contributed by atoms with E-state index in [4.69, 9.17) is 9.47 Å². The molecule has 2 atom stereocenters. The molecule has 0 N–H and O–H groups in total. The molecule has 25 heavy (non-hydrogen) atoms. The average Bonchev–Trinajstić information content (AvgIpc) is 3.10. The van der Waals surface area contributed by atoms with Crippen LogP contribution >= 0.6 is 0 Å². The molecule has 0 unspecified atom stereocenters. The lowest BCUT2D eigenvalue weighted by atomic mass is 10.0. The second-order valence-electron chi connectivity index (χ2n) is 6.05. The van der Waals surface area contributed by atoms with E-state index in [0.29, 0.717) is 38.4 Å². The molecule has 0 radical (unpaired) electrons. The first kappa shape index (κ1) is 17.6. The Hall–Kier alpha value is -2.25. The van der Waals surface area contributed by atoms with Crippen molar-refractivity contribution in [2.45, 2.75) is 25.6 Å². The van der Waals surface area contributed by atoms with E-state index in [0.717, 1.165) is 0 Å². The molecule has 134 valence electrons. The quantitative estimate of drug-likeness (QED) is 0.749. The number of ether oxygens (including phenoxy) is 2. The van der Waals surface area contributed by atoms with Crippen LogP contribution in [-0.2, 0) is 20.8 Å². The fourth-order valence-corrected chi connectivity index (χ4v) is 2.98. The first-order chi connectivity index (χ1) is 12.1. The summed E-state index contributed by atoms with van der Waals surface area (Å²) in [6, 6.07) is 7.38. The summed E-state index contributed by atoms with van der Waals surface area (Å²) in [5.74, 6) is -0.859. The number of benzene rings is 1. The number of hydrogen-bond donors (Lipinski definition) is 0. The van der Waals surface area contributed by atoms with E-state index in [1.54, 1.807) is 42.2 Å². The van der Waals surface area contributed by atoms with Gasteiger partial charge in [0.25, 0.3) is 0 Å². The van der Waals surface area contributed by atoms with Crippen LogP contribution in [0, 0.1) is 5.82 Å². The lowest BCUT2D eigenvalue weighted by Gasteiger charge is -2.33. The molecule has 1 aliphatic rings. The highest BCUT2D eigenvalue weighted by molar-refractivity contribution is 5.78. The number of esters is 1. The lowest BCUT2D eigenvalue weighted by Crippen LogP contribution is -2.43. The molecule has 0 spiro atoms. The Balaban J connectivity index is 1.76. The molecule has 0 saturated carbocycles. The molecule has 2 aromatic rings. The molecule has 1 aromatic heterocycles. The van der Waals surface area contributed by atoms with Gasteiger partial charge in [-0.05, 0) is 19.1 Å². The minimum Gasteiger partial charge on any atom is -0.459 e. The van der Waals surface area contributed by atoms with Gasteiger partial charge in [-0.2, -0.15) is 5.10 Å². The molecule has 1 fully saturated rings. The highest BCUT2D eigenvalue weighted by Crippen LogP contribution is 2.26. The van der Waals surface area contributed by atoms with E-state index in [-0.39, 0.29) is 6.10 Å². The van der Waals surface area contributed by atoms with Crippen molar-refractivity contribution in [2.24, 2.45) is 0 Å². The summed E-state index contributed by atoms with van der Waals surface area (Å²) >= 11 is 0. The van der Waals surface area contributed by atoms with Gasteiger partial charge >= 0.3 is 5.97 Å². The molecule has 1 aliphatic heterocycles. The van der Waals surface area contributed by atoms with Gasteiger partial charge in [-0.25, -0.2) is 9.18 Å². The second kappa shape index (κ2) is 8.22. The van der Waals surface area contributed by atoms with E-state index >= 15 is 0 Å². The normalized spacial score (nSPS) is 17.8. The molecular weight excluding hydrogens is 325 g/mol. The fourth-order valence-electron chi connectivity index (χ4n) is 2.98. The molecule has 2 heterocycles. The first-order valence-electron chi connectivity index (χ1n) is 8.39. The number of carbonyl (C=O) groups excluding carboxylic acids is 1. The van der Waals surface area contributed by atoms with Crippen molar-refractivity contribution in [1.29, 1.82) is 0 Å². The number of rotatable bonds is 6. The average molecular weight is 347 g/mol. The van der Waals surface area contributed by atoms with E-state index < -0.39 is 17.8 Å². The first-order valence-corrected chi connectivity index (χ1v) is 8.39. The fraction of sp³-hybridized carbons (Fsp3) is 0.444. The molecule has 1 saturated heterocycles. The smallest absolute Gasteiger partial charge is 0.328 e. The van der Waals surface area contributed by atoms with Crippen molar-refractivity contribution < 1.29 is 18.7 Å². The van der Waals surface area contributed by atoms with Crippen molar-refractivity contribution in [3.8, 4) is 0 Å². The molecule has 0 amide bonds. The summed E-state index contributed by atoms with van der Waals surface area (Å²) < 4.78 is 27.0. The summed E-state index contributed by atoms with van der Waals surface area (Å²) in [5.41, 5.74) is 0.334. The predicted molar refractivity (Wildman–Crippen MR) is 89.3 cm³/mol. The topological polar surface area (TPSA) is 56.6 Å². The Bertz CT molecular complexity index is 687. The predicted octanol–water partition coefficient (Wildman–Crippen LogP) is 2.03. The van der Waals surface area contributed by atoms with Crippen molar-refractivity contribution in [2.75, 3.05) is 26.3 Å². The standard InChI is InChI=1S/C18H22FN3O3/c1-14(13-22-8-4-7-20-22)25-18(23)17(21-9-11-24-12-10-21)15-5-2-3-6-16(15)19/h2-8,14,17H,9-13H2,1H3/t14-,17-/m1/s1. The van der Waals surface area contributed by atoms with Crippen molar-refractivity contribution >= 4 is 5.97 Å². The number of nitrogens with zero attached hydrogens (tertiary/aromatic N) is 3. The Morgan fingerprint density at radius 3 is 2.76 bits per heavy atom. The SMILES string of the molecule is C[C@H](Cn1cccn1)OC(=O)[C@@H](c1ccccc1F)N1CCOCC1. The number of morpholine rings is 1. The highest BCUT2D eigenvalue weighted by atomic mass is 19.1. The van der Waals surface area contributed by atoms with Crippen molar-refractivity contribution in [3.05, 3.63) is 54.1 Å². The summed E-state index contributed by atoms with van der Waals surface area (Å²) in [4.78, 5) is 14.7. The monoisotopic (exact) mass is 347 g/mol. The van der Waals surface area contributed by atoms with Gasteiger partial charge < -0.3 is 9.47 Å². The maximum atomic E-state index is 14.3. The van der Waals surface area contributed by atoms with Crippen molar-refractivity contribution in [3.63, 3.8) is 0 Å². The second-order valence-corrected chi connectivity index (χ2v) is 6.05. The highest BCUT2D eigenvalue weighted by Gasteiger charge is 2.33. The van der Waals surface area contributed by atoms with Gasteiger partial charge in [-0.15, -0.1) is 0 Å². The van der Waals surface area contributed by atoms with E-state index in [2.05, 4.69) is 5.10 Å². The van der Waals surface area contributed by atoms with Crippen LogP contribution in [0.5, 0.6) is 0 Å². The summed E-state index contributed by atoms with van der Waals surface area (Å²) in [5, 5.41) is 4.11. The van der Waals surface area contributed by atoms with Gasteiger partial charge in [0.1, 0.15) is 18.0 Å². The van der Waals surface area contributed by atoms with Gasteiger partial charge in [0.05, 0.1) is 19.8 Å². The number of hydrogen-bond acceptors (Lipinski definition) is 5. The van der Waals surface area contributed by atoms with Crippen LogP contribution in [0.4, 0.5) is 4.39 Å². The molecule has 0 bridgehead atoms. The maximum Gasteiger partial charge on any atom is 0.328 e. The molecule has 1 aromatic carbocycles. The van der Waals surface area contributed by atoms with Crippen LogP contribution in [0.25, 0.3) is 0 Å². The largest absolute Gasteiger partial charge is 0.459 e. The molecule has 0 aliphatic carbocycles. The minimum absolute atomic E-state index is 0.334. The van der Waals surface area contributed by atoms with Gasteiger partial charge in [0.2, 0.25) is 0 Å². The Labute approximate surface area is 146 Å². The third-order valence-corrected chi connectivity index (χ3v) is 4.15. The molecule has 7 heteroatoms. The van der Waals surface area contributed by atoms with Crippen LogP contribution in [0.3, 0.4) is 0 Å². The Morgan fingerprint density at radius 1 is 1.32 bits per heavy atom. The third-order valence-electron chi connectivity index (χ3n) is 4.15. The van der Waals surface area contributed by atoms with E-state index in [9.17, 15) is 9.18 Å². The van der Waals surface area contributed by atoms with Gasteiger partial charge in [0, 0.05) is 31.0 Å². The summed E-state index contributed by atoms with van der Waals surface area (Å²) in [6.07, 6.45) is 3.10. The molecule has 6 nitrogen and oxygen atoms in total. The van der Waals surface area contributed by atoms with E-state index in [1.165, 1.54) is 6.07 Å². The van der Waals surface area contributed by atoms with Crippen LogP contribution in [0.15, 0.2) is 42.7 Å². The zero-order chi connectivity index (χ0) is 17.6. The summed E-state index contributed by atoms with van der Waals surface area (Å²) in [7, 11) is 0. The third kappa shape index (κ3) is 4.43. The van der Waals surface area contributed by atoms with Crippen LogP contribution in [-0.4, -0.2) is 53.1 Å².